The van der Waals surface area contributed by atoms with Crippen LogP contribution in [-0.2, 0) is 6.54 Å². The molecule has 0 saturated carbocycles. The van der Waals surface area contributed by atoms with Crippen LogP contribution in [0.5, 0.6) is 46.3 Å². The highest BCUT2D eigenvalue weighted by Gasteiger charge is 2.30. The van der Waals surface area contributed by atoms with Gasteiger partial charge in [-0.3, -0.25) is 4.90 Å². The third-order valence-corrected chi connectivity index (χ3v) is 9.49. The number of aromatic nitrogens is 3. The minimum atomic E-state index is -0.441. The first-order valence-corrected chi connectivity index (χ1v) is 17.7. The second-order valence-electron chi connectivity index (χ2n) is 13.2. The third-order valence-electron chi connectivity index (χ3n) is 9.49. The quantitative estimate of drug-likeness (QED) is 0.125. The Morgan fingerprint density at radius 2 is 1.55 bits per heavy atom. The van der Waals surface area contributed by atoms with Gasteiger partial charge in [0.2, 0.25) is 11.5 Å². The fourth-order valence-corrected chi connectivity index (χ4v) is 6.65. The minimum Gasteiger partial charge on any atom is -0.508 e. The summed E-state index contributed by atoms with van der Waals surface area (Å²) in [5.74, 6) is 2.17. The van der Waals surface area contributed by atoms with Crippen molar-refractivity contribution < 1.29 is 43.8 Å². The summed E-state index contributed by atoms with van der Waals surface area (Å²) >= 11 is 0. The fourth-order valence-electron chi connectivity index (χ4n) is 6.65. The summed E-state index contributed by atoms with van der Waals surface area (Å²) in [5, 5.41) is 39.9. The number of ether oxygens (including phenoxy) is 5. The maximum absolute atomic E-state index is 13.3. The molecule has 0 spiro atoms. The van der Waals surface area contributed by atoms with Crippen molar-refractivity contribution in [3.8, 4) is 63.3 Å². The Hall–Kier alpha value is -6.41. The van der Waals surface area contributed by atoms with Crippen LogP contribution in [-0.4, -0.2) is 100 Å². The lowest BCUT2D eigenvalue weighted by molar-refractivity contribution is 0.0851. The zero-order valence-electron chi connectivity index (χ0n) is 31.6. The van der Waals surface area contributed by atoms with Crippen molar-refractivity contribution in [2.24, 2.45) is 0 Å². The normalized spacial score (nSPS) is 14.7. The average molecular weight is 752 g/mol. The molecule has 1 aliphatic rings. The van der Waals surface area contributed by atoms with E-state index in [9.17, 15) is 20.1 Å². The van der Waals surface area contributed by atoms with Gasteiger partial charge >= 0.3 is 12.1 Å². The van der Waals surface area contributed by atoms with Crippen LogP contribution in [0.3, 0.4) is 0 Å². The molecule has 1 saturated heterocycles. The Morgan fingerprint density at radius 3 is 2.20 bits per heavy atom. The van der Waals surface area contributed by atoms with Gasteiger partial charge in [0.25, 0.3) is 0 Å². The van der Waals surface area contributed by atoms with Crippen LogP contribution >= 0.6 is 0 Å². The van der Waals surface area contributed by atoms with Crippen molar-refractivity contribution in [1.82, 2.24) is 24.6 Å². The van der Waals surface area contributed by atoms with Crippen molar-refractivity contribution in [2.75, 3.05) is 48.1 Å². The summed E-state index contributed by atoms with van der Waals surface area (Å²) in [6.45, 7) is 5.71. The van der Waals surface area contributed by atoms with E-state index in [2.05, 4.69) is 15.1 Å². The molecule has 2 heterocycles. The molecule has 14 heteroatoms. The number of phenolic OH excluding ortho intramolecular Hbond substituents is 2. The number of rotatable bonds is 12. The highest BCUT2D eigenvalue weighted by atomic mass is 16.6. The molecule has 0 radical (unpaired) electrons. The summed E-state index contributed by atoms with van der Waals surface area (Å²) in [4.78, 5) is 17.3. The van der Waals surface area contributed by atoms with Crippen molar-refractivity contribution in [3.63, 3.8) is 0 Å². The van der Waals surface area contributed by atoms with Gasteiger partial charge in [-0.15, -0.1) is 5.10 Å². The van der Waals surface area contributed by atoms with Crippen LogP contribution in [0.1, 0.15) is 36.5 Å². The lowest BCUT2D eigenvalue weighted by Crippen LogP contribution is -2.54. The predicted molar refractivity (Wildman–Crippen MR) is 206 cm³/mol. The Bertz CT molecular complexity index is 2150. The number of carbonyl (C=O) groups excluding carboxylic acids is 1. The lowest BCUT2D eigenvalue weighted by atomic mass is 9.98. The fraction of sp³-hybridized carbons (Fsp3) is 0.293. The number of aromatic hydroxyl groups is 3. The number of para-hydroxylation sites is 1. The number of amides is 1. The zero-order chi connectivity index (χ0) is 39.2. The standard InChI is InChI=1S/C41H45N5O9/c1-25(2)31-21-32(34(48)22-33(31)47)39-42-43-40(49)46(39)28-15-12-26(13-16-28)23-44-18-19-45(41(50)55-30-10-8-7-9-11-30)24-29(44)17-14-27-20-35(51-3)37(53-5)38(54-6)36(27)52-4/h7-17,20-22,25,29,47-48H,18-19,23-24H2,1-6H3,(H,43,49)/b17-14-. The molecular weight excluding hydrogens is 706 g/mol. The van der Waals surface area contributed by atoms with E-state index in [-0.39, 0.29) is 35.3 Å². The van der Waals surface area contributed by atoms with Crippen molar-refractivity contribution in [2.45, 2.75) is 32.4 Å². The van der Waals surface area contributed by atoms with Crippen molar-refractivity contribution in [1.29, 1.82) is 0 Å². The highest BCUT2D eigenvalue weighted by Crippen LogP contribution is 2.47. The highest BCUT2D eigenvalue weighted by molar-refractivity contribution is 5.73. The molecule has 6 rings (SSSR count). The maximum atomic E-state index is 13.3. The molecule has 1 aromatic heterocycles. The van der Waals surface area contributed by atoms with E-state index in [1.165, 1.54) is 24.9 Å². The Kier molecular flexibility index (Phi) is 11.7. The largest absolute Gasteiger partial charge is 0.508 e. The number of nitrogens with zero attached hydrogens (tertiary/aromatic N) is 5. The van der Waals surface area contributed by atoms with Gasteiger partial charge in [-0.25, -0.2) is 9.36 Å². The molecule has 4 aromatic carbocycles. The average Bonchev–Trinajstić information content (AvgIpc) is 3.57. The Morgan fingerprint density at radius 1 is 0.836 bits per heavy atom. The predicted octanol–water partition coefficient (Wildman–Crippen LogP) is 6.61. The van der Waals surface area contributed by atoms with Crippen LogP contribution < -0.4 is 23.7 Å². The van der Waals surface area contributed by atoms with Crippen LogP contribution in [0.4, 0.5) is 4.79 Å². The molecular formula is C41H45N5O9. The van der Waals surface area contributed by atoms with E-state index in [1.807, 2.05) is 68.5 Å². The maximum Gasteiger partial charge on any atom is 0.415 e. The Labute approximate surface area is 319 Å². The smallest absolute Gasteiger partial charge is 0.415 e. The lowest BCUT2D eigenvalue weighted by Gasteiger charge is -2.39. The van der Waals surface area contributed by atoms with Gasteiger partial charge in [0.05, 0.1) is 39.7 Å². The molecule has 1 atom stereocenters. The summed E-state index contributed by atoms with van der Waals surface area (Å²) in [5.41, 5.74) is 3.17. The molecule has 14 nitrogen and oxygen atoms in total. The second-order valence-corrected chi connectivity index (χ2v) is 13.2. The molecule has 3 N–H and O–H groups in total. The van der Waals surface area contributed by atoms with E-state index in [1.54, 1.807) is 43.4 Å². The molecule has 1 aliphatic heterocycles. The SMILES string of the molecule is COc1cc(/C=C\C2CN(C(=O)Oc3ccccc3)CCN2Cc2ccc(-n3c(O)nnc3-c3cc(C(C)C)c(O)cc3O)cc2)c(OC)c(OC)c1OC. The first-order chi connectivity index (χ1) is 26.6. The minimum absolute atomic E-state index is 0.0254. The first kappa shape index (κ1) is 38.3. The number of methoxy groups -OCH3 is 4. The molecule has 0 aliphatic carbocycles. The van der Waals surface area contributed by atoms with Crippen LogP contribution in [0.25, 0.3) is 23.2 Å². The van der Waals surface area contributed by atoms with Gasteiger partial charge in [0, 0.05) is 43.9 Å². The van der Waals surface area contributed by atoms with Crippen LogP contribution in [0.15, 0.2) is 78.9 Å². The molecule has 288 valence electrons. The summed E-state index contributed by atoms with van der Waals surface area (Å²) < 4.78 is 29.7. The topological polar surface area (TPSA) is 161 Å². The molecule has 5 aromatic rings. The van der Waals surface area contributed by atoms with Gasteiger partial charge in [-0.05, 0) is 53.4 Å². The van der Waals surface area contributed by atoms with E-state index in [4.69, 9.17) is 23.7 Å². The van der Waals surface area contributed by atoms with Gasteiger partial charge in [-0.1, -0.05) is 61.4 Å². The monoisotopic (exact) mass is 751 g/mol. The van der Waals surface area contributed by atoms with E-state index >= 15 is 0 Å². The molecule has 1 amide bonds. The van der Waals surface area contributed by atoms with Crippen LogP contribution in [0, 0.1) is 0 Å². The molecule has 1 fully saturated rings. The zero-order valence-corrected chi connectivity index (χ0v) is 31.6. The van der Waals surface area contributed by atoms with E-state index in [0.29, 0.717) is 77.3 Å². The first-order valence-electron chi connectivity index (χ1n) is 17.7. The third kappa shape index (κ3) is 8.09. The molecule has 1 unspecified atom stereocenters. The van der Waals surface area contributed by atoms with Crippen molar-refractivity contribution in [3.05, 3.63) is 95.6 Å². The number of benzene rings is 4. The molecule has 0 bridgehead atoms. The van der Waals surface area contributed by atoms with E-state index < -0.39 is 6.09 Å². The number of hydrogen-bond acceptors (Lipinski definition) is 12. The number of phenols is 2. The summed E-state index contributed by atoms with van der Waals surface area (Å²) in [7, 11) is 6.16. The summed E-state index contributed by atoms with van der Waals surface area (Å²) in [6.07, 6.45) is 3.48. The van der Waals surface area contributed by atoms with Gasteiger partial charge in [0.1, 0.15) is 17.2 Å². The summed E-state index contributed by atoms with van der Waals surface area (Å²) in [6, 6.07) is 20.6. The number of carbonyl (C=O) groups is 1. The number of hydrogen-bond donors (Lipinski definition) is 3. The van der Waals surface area contributed by atoms with Gasteiger partial charge in [-0.2, -0.15) is 0 Å². The van der Waals surface area contributed by atoms with Crippen LogP contribution in [0.2, 0.25) is 0 Å². The van der Waals surface area contributed by atoms with E-state index in [0.717, 1.165) is 5.56 Å². The Balaban J connectivity index is 1.29. The molecule has 55 heavy (non-hydrogen) atoms. The van der Waals surface area contributed by atoms with Crippen molar-refractivity contribution >= 4 is 12.2 Å². The number of piperazine rings is 1. The van der Waals surface area contributed by atoms with Gasteiger partial charge < -0.3 is 43.9 Å². The second kappa shape index (κ2) is 16.7. The van der Waals surface area contributed by atoms with Gasteiger partial charge in [0.15, 0.2) is 17.3 Å².